The summed E-state index contributed by atoms with van der Waals surface area (Å²) in [5, 5.41) is 15.2. The lowest BCUT2D eigenvalue weighted by molar-refractivity contribution is 0.0305. The normalized spacial score (nSPS) is 17.5. The number of aliphatic hydroxyl groups is 1. The van der Waals surface area contributed by atoms with Gasteiger partial charge < -0.3 is 9.94 Å². The molecule has 2 atom stereocenters. The maximum absolute atomic E-state index is 13.2. The predicted octanol–water partition coefficient (Wildman–Crippen LogP) is 4.64. The summed E-state index contributed by atoms with van der Waals surface area (Å²) in [6.45, 7) is 3.86. The van der Waals surface area contributed by atoms with E-state index in [0.29, 0.717) is 31.1 Å². The predicted molar refractivity (Wildman–Crippen MR) is 110 cm³/mol. The second-order valence-corrected chi connectivity index (χ2v) is 7.68. The molecule has 0 radical (unpaired) electrons. The van der Waals surface area contributed by atoms with E-state index in [2.05, 4.69) is 17.0 Å². The summed E-state index contributed by atoms with van der Waals surface area (Å²) in [5.74, 6) is -0.249. The van der Waals surface area contributed by atoms with Crippen molar-refractivity contribution in [3.05, 3.63) is 70.5 Å². The van der Waals surface area contributed by atoms with Crippen LogP contribution in [0.4, 0.5) is 4.39 Å². The van der Waals surface area contributed by atoms with Crippen molar-refractivity contribution >= 4 is 17.3 Å². The third-order valence-electron chi connectivity index (χ3n) is 4.78. The van der Waals surface area contributed by atoms with Crippen molar-refractivity contribution in [1.82, 2.24) is 4.90 Å². The average Bonchev–Trinajstić information content (AvgIpc) is 3.13. The first-order valence-electron chi connectivity index (χ1n) is 9.67. The molecule has 1 aliphatic heterocycles. The topological polar surface area (TPSA) is 45.1 Å². The molecule has 150 valence electrons. The van der Waals surface area contributed by atoms with E-state index in [1.54, 1.807) is 12.1 Å². The van der Waals surface area contributed by atoms with Crippen molar-refractivity contribution in [3.8, 4) is 0 Å². The monoisotopic (exact) mass is 404 g/mol. The van der Waals surface area contributed by atoms with Gasteiger partial charge in [-0.3, -0.25) is 4.90 Å². The molecule has 0 spiro atoms. The first-order chi connectivity index (χ1) is 13.5. The molecule has 0 amide bonds. The van der Waals surface area contributed by atoms with Crippen molar-refractivity contribution in [3.63, 3.8) is 0 Å². The summed E-state index contributed by atoms with van der Waals surface area (Å²) >= 11 is 5.95. The van der Waals surface area contributed by atoms with Gasteiger partial charge in [-0.05, 0) is 41.8 Å². The first-order valence-corrected chi connectivity index (χ1v) is 10.0. The number of oxime groups is 1. The van der Waals surface area contributed by atoms with Crippen LogP contribution in [0.15, 0.2) is 53.7 Å². The number of hydrogen-bond acceptors (Lipinski definition) is 4. The van der Waals surface area contributed by atoms with Crippen LogP contribution >= 0.6 is 11.6 Å². The molecule has 0 unspecified atom stereocenters. The zero-order valence-corrected chi connectivity index (χ0v) is 16.8. The summed E-state index contributed by atoms with van der Waals surface area (Å²) in [6.07, 6.45) is 1.89. The SMILES string of the molecule is CCC[C@@H](O)CN(Cc1ccc(F)cc1)C[C@H]1CC(c2ccc(Cl)cc2)=NO1. The number of aliphatic hydroxyl groups excluding tert-OH is 1. The van der Waals surface area contributed by atoms with Crippen LogP contribution in [-0.4, -0.2) is 41.0 Å². The quantitative estimate of drug-likeness (QED) is 0.662. The molecule has 3 rings (SSSR count). The van der Waals surface area contributed by atoms with E-state index >= 15 is 0 Å². The van der Waals surface area contributed by atoms with Gasteiger partial charge in [0.1, 0.15) is 11.9 Å². The third kappa shape index (κ3) is 6.03. The molecule has 1 aliphatic rings. The summed E-state index contributed by atoms with van der Waals surface area (Å²) in [5.41, 5.74) is 2.91. The molecule has 6 heteroatoms. The van der Waals surface area contributed by atoms with Crippen LogP contribution < -0.4 is 0 Å². The van der Waals surface area contributed by atoms with Gasteiger partial charge in [0.15, 0.2) is 0 Å². The molecule has 0 aliphatic carbocycles. The molecule has 4 nitrogen and oxygen atoms in total. The fraction of sp³-hybridized carbons (Fsp3) is 0.409. The van der Waals surface area contributed by atoms with Crippen LogP contribution in [0, 0.1) is 5.82 Å². The molecule has 1 heterocycles. The van der Waals surface area contributed by atoms with E-state index in [4.69, 9.17) is 16.4 Å². The van der Waals surface area contributed by atoms with Gasteiger partial charge >= 0.3 is 0 Å². The van der Waals surface area contributed by atoms with Gasteiger partial charge in [-0.1, -0.05) is 54.4 Å². The molecular formula is C22H26ClFN2O2. The van der Waals surface area contributed by atoms with E-state index in [1.807, 2.05) is 24.3 Å². The Kier molecular flexibility index (Phi) is 7.43. The zero-order valence-electron chi connectivity index (χ0n) is 16.0. The van der Waals surface area contributed by atoms with Crippen LogP contribution in [0.2, 0.25) is 5.02 Å². The Morgan fingerprint density at radius 1 is 1.21 bits per heavy atom. The van der Waals surface area contributed by atoms with Gasteiger partial charge in [0.05, 0.1) is 11.8 Å². The van der Waals surface area contributed by atoms with E-state index in [9.17, 15) is 9.50 Å². The van der Waals surface area contributed by atoms with Gasteiger partial charge in [0.2, 0.25) is 0 Å². The maximum atomic E-state index is 13.2. The number of nitrogens with zero attached hydrogens (tertiary/aromatic N) is 2. The van der Waals surface area contributed by atoms with Crippen molar-refractivity contribution in [2.45, 2.75) is 44.9 Å². The summed E-state index contributed by atoms with van der Waals surface area (Å²) in [4.78, 5) is 7.80. The van der Waals surface area contributed by atoms with E-state index in [1.165, 1.54) is 12.1 Å². The Hall–Kier alpha value is -1.95. The second-order valence-electron chi connectivity index (χ2n) is 7.24. The summed E-state index contributed by atoms with van der Waals surface area (Å²) < 4.78 is 13.2. The van der Waals surface area contributed by atoms with Crippen LogP contribution in [-0.2, 0) is 11.4 Å². The van der Waals surface area contributed by atoms with Gasteiger partial charge in [-0.25, -0.2) is 4.39 Å². The molecule has 1 N–H and O–H groups in total. The standard InChI is InChI=1S/C22H26ClFN2O2/c1-2-3-20(27)14-26(13-16-4-10-19(24)11-5-16)15-21-12-22(25-28-21)17-6-8-18(23)9-7-17/h4-11,20-21,27H,2-3,12-15H2,1H3/t20-,21-/m1/s1. The lowest BCUT2D eigenvalue weighted by Crippen LogP contribution is -2.37. The summed E-state index contributed by atoms with van der Waals surface area (Å²) in [7, 11) is 0. The highest BCUT2D eigenvalue weighted by Gasteiger charge is 2.25. The highest BCUT2D eigenvalue weighted by molar-refractivity contribution is 6.30. The van der Waals surface area contributed by atoms with Crippen LogP contribution in [0.3, 0.4) is 0 Å². The van der Waals surface area contributed by atoms with Crippen LogP contribution in [0.25, 0.3) is 0 Å². The number of rotatable bonds is 9. The highest BCUT2D eigenvalue weighted by atomic mass is 35.5. The molecule has 2 aromatic carbocycles. The van der Waals surface area contributed by atoms with Crippen molar-refractivity contribution in [2.24, 2.45) is 5.16 Å². The lowest BCUT2D eigenvalue weighted by atomic mass is 10.0. The maximum Gasteiger partial charge on any atom is 0.145 e. The molecule has 0 saturated carbocycles. The van der Waals surface area contributed by atoms with Crippen molar-refractivity contribution in [2.75, 3.05) is 13.1 Å². The zero-order chi connectivity index (χ0) is 19.9. The highest BCUT2D eigenvalue weighted by Crippen LogP contribution is 2.20. The largest absolute Gasteiger partial charge is 0.392 e. The number of halogens is 2. The molecule has 0 bridgehead atoms. The van der Waals surface area contributed by atoms with E-state index in [-0.39, 0.29) is 11.9 Å². The minimum Gasteiger partial charge on any atom is -0.392 e. The Bertz CT molecular complexity index is 780. The van der Waals surface area contributed by atoms with E-state index in [0.717, 1.165) is 29.7 Å². The Labute approximate surface area is 170 Å². The van der Waals surface area contributed by atoms with Gasteiger partial charge in [0, 0.05) is 31.1 Å². The molecule has 0 fully saturated rings. The minimum absolute atomic E-state index is 0.0834. The van der Waals surface area contributed by atoms with Crippen molar-refractivity contribution < 1.29 is 14.3 Å². The third-order valence-corrected chi connectivity index (χ3v) is 5.03. The fourth-order valence-electron chi connectivity index (χ4n) is 3.40. The molecule has 2 aromatic rings. The first kappa shape index (κ1) is 20.8. The molecular weight excluding hydrogens is 379 g/mol. The van der Waals surface area contributed by atoms with Gasteiger partial charge in [-0.15, -0.1) is 0 Å². The van der Waals surface area contributed by atoms with Crippen molar-refractivity contribution in [1.29, 1.82) is 0 Å². The number of hydrogen-bond donors (Lipinski definition) is 1. The van der Waals surface area contributed by atoms with Gasteiger partial charge in [-0.2, -0.15) is 0 Å². The van der Waals surface area contributed by atoms with Crippen LogP contribution in [0.1, 0.15) is 37.3 Å². The Morgan fingerprint density at radius 3 is 2.61 bits per heavy atom. The van der Waals surface area contributed by atoms with Crippen LogP contribution in [0.5, 0.6) is 0 Å². The Balaban J connectivity index is 1.62. The molecule has 28 heavy (non-hydrogen) atoms. The fourth-order valence-corrected chi connectivity index (χ4v) is 3.53. The second kappa shape index (κ2) is 10.0. The average molecular weight is 405 g/mol. The smallest absolute Gasteiger partial charge is 0.145 e. The minimum atomic E-state index is -0.400. The van der Waals surface area contributed by atoms with E-state index < -0.39 is 6.10 Å². The lowest BCUT2D eigenvalue weighted by Gasteiger charge is -2.27. The number of benzene rings is 2. The summed E-state index contributed by atoms with van der Waals surface area (Å²) in [6, 6.07) is 14.0. The van der Waals surface area contributed by atoms with Gasteiger partial charge in [0.25, 0.3) is 0 Å². The Morgan fingerprint density at radius 2 is 1.93 bits per heavy atom. The molecule has 0 saturated heterocycles. The molecule has 0 aromatic heterocycles.